The maximum Gasteiger partial charge on any atom is 0.303 e. The molecular weight excluding hydrogens is 220 g/mol. The van der Waals surface area contributed by atoms with Gasteiger partial charge in [0, 0.05) is 25.6 Å². The number of rotatable bonds is 4. The molecule has 1 N–H and O–H groups in total. The van der Waals surface area contributed by atoms with Crippen LogP contribution < -0.4 is 0 Å². The van der Waals surface area contributed by atoms with Crippen LogP contribution in [0.1, 0.15) is 30.7 Å². The quantitative estimate of drug-likeness (QED) is 0.864. The SMILES string of the molecule is Cc1cc(CN2CCCC(CC(=O)O)C2)no1. The maximum atomic E-state index is 10.7. The number of carboxylic acid groups (broad SMARTS) is 1. The molecular formula is C12H18N2O3. The fourth-order valence-corrected chi connectivity index (χ4v) is 2.43. The number of hydrogen-bond acceptors (Lipinski definition) is 4. The van der Waals surface area contributed by atoms with Gasteiger partial charge in [-0.15, -0.1) is 0 Å². The Morgan fingerprint density at radius 3 is 3.18 bits per heavy atom. The summed E-state index contributed by atoms with van der Waals surface area (Å²) in [6.45, 7) is 4.49. The highest BCUT2D eigenvalue weighted by molar-refractivity contribution is 5.67. The van der Waals surface area contributed by atoms with Crippen LogP contribution >= 0.6 is 0 Å². The van der Waals surface area contributed by atoms with Gasteiger partial charge in [-0.2, -0.15) is 0 Å². The van der Waals surface area contributed by atoms with Crippen LogP contribution in [0.2, 0.25) is 0 Å². The molecule has 94 valence electrons. The molecule has 1 aromatic rings. The van der Waals surface area contributed by atoms with E-state index in [1.165, 1.54) is 0 Å². The lowest BCUT2D eigenvalue weighted by atomic mass is 9.95. The Bertz CT molecular complexity index is 389. The predicted molar refractivity (Wildman–Crippen MR) is 61.5 cm³/mol. The normalized spacial score (nSPS) is 21.6. The summed E-state index contributed by atoms with van der Waals surface area (Å²) in [6, 6.07) is 1.93. The van der Waals surface area contributed by atoms with Crippen molar-refractivity contribution >= 4 is 5.97 Å². The van der Waals surface area contributed by atoms with E-state index < -0.39 is 5.97 Å². The van der Waals surface area contributed by atoms with Gasteiger partial charge >= 0.3 is 5.97 Å². The van der Waals surface area contributed by atoms with Crippen LogP contribution in [-0.2, 0) is 11.3 Å². The number of aryl methyl sites for hydroxylation is 1. The first-order valence-electron chi connectivity index (χ1n) is 6.00. The summed E-state index contributed by atoms with van der Waals surface area (Å²) in [6.07, 6.45) is 2.35. The number of aliphatic carboxylic acids is 1. The van der Waals surface area contributed by atoms with Crippen molar-refractivity contribution in [1.82, 2.24) is 10.1 Å². The van der Waals surface area contributed by atoms with Gasteiger partial charge in [-0.1, -0.05) is 5.16 Å². The summed E-state index contributed by atoms with van der Waals surface area (Å²) in [4.78, 5) is 12.9. The number of aromatic nitrogens is 1. The second kappa shape index (κ2) is 5.31. The minimum absolute atomic E-state index is 0.272. The van der Waals surface area contributed by atoms with E-state index in [0.29, 0.717) is 0 Å². The first-order valence-corrected chi connectivity index (χ1v) is 6.00. The maximum absolute atomic E-state index is 10.7. The van der Waals surface area contributed by atoms with Crippen LogP contribution in [0.4, 0.5) is 0 Å². The Labute approximate surface area is 100 Å². The third-order valence-electron chi connectivity index (χ3n) is 3.13. The zero-order valence-corrected chi connectivity index (χ0v) is 10.1. The highest BCUT2D eigenvalue weighted by atomic mass is 16.5. The fourth-order valence-electron chi connectivity index (χ4n) is 2.43. The molecule has 0 saturated carbocycles. The molecule has 2 heterocycles. The standard InChI is InChI=1S/C12H18N2O3/c1-9-5-11(13-17-9)8-14-4-2-3-10(7-14)6-12(15)16/h5,10H,2-4,6-8H2,1H3,(H,15,16). The van der Waals surface area contributed by atoms with Crippen molar-refractivity contribution in [3.63, 3.8) is 0 Å². The molecule has 1 aromatic heterocycles. The molecule has 0 radical (unpaired) electrons. The van der Waals surface area contributed by atoms with Crippen molar-refractivity contribution in [2.75, 3.05) is 13.1 Å². The summed E-state index contributed by atoms with van der Waals surface area (Å²) in [5.74, 6) is 0.391. The summed E-state index contributed by atoms with van der Waals surface area (Å²) in [5.41, 5.74) is 0.929. The Kier molecular flexibility index (Phi) is 3.78. The average Bonchev–Trinajstić information content (AvgIpc) is 2.63. The Balaban J connectivity index is 1.87. The van der Waals surface area contributed by atoms with Crippen molar-refractivity contribution in [2.24, 2.45) is 5.92 Å². The van der Waals surface area contributed by atoms with E-state index in [-0.39, 0.29) is 12.3 Å². The van der Waals surface area contributed by atoms with E-state index in [9.17, 15) is 4.79 Å². The molecule has 0 bridgehead atoms. The number of carbonyl (C=O) groups is 1. The van der Waals surface area contributed by atoms with Crippen molar-refractivity contribution in [2.45, 2.75) is 32.7 Å². The molecule has 0 aromatic carbocycles. The zero-order chi connectivity index (χ0) is 12.3. The molecule has 1 saturated heterocycles. The molecule has 1 atom stereocenters. The first kappa shape index (κ1) is 12.1. The van der Waals surface area contributed by atoms with Crippen LogP contribution in [0.5, 0.6) is 0 Å². The topological polar surface area (TPSA) is 66.6 Å². The number of likely N-dealkylation sites (tertiary alicyclic amines) is 1. The summed E-state index contributed by atoms with van der Waals surface area (Å²) < 4.78 is 5.03. The largest absolute Gasteiger partial charge is 0.481 e. The Morgan fingerprint density at radius 1 is 1.71 bits per heavy atom. The Morgan fingerprint density at radius 2 is 2.53 bits per heavy atom. The van der Waals surface area contributed by atoms with E-state index in [4.69, 9.17) is 9.63 Å². The second-order valence-corrected chi connectivity index (χ2v) is 4.77. The molecule has 1 aliphatic rings. The van der Waals surface area contributed by atoms with Crippen LogP contribution in [0, 0.1) is 12.8 Å². The zero-order valence-electron chi connectivity index (χ0n) is 10.1. The smallest absolute Gasteiger partial charge is 0.303 e. The molecule has 0 spiro atoms. The van der Waals surface area contributed by atoms with Gasteiger partial charge in [0.2, 0.25) is 0 Å². The first-order chi connectivity index (χ1) is 8.13. The molecule has 0 aliphatic carbocycles. The van der Waals surface area contributed by atoms with E-state index in [1.54, 1.807) is 0 Å². The molecule has 5 nitrogen and oxygen atoms in total. The second-order valence-electron chi connectivity index (χ2n) is 4.77. The van der Waals surface area contributed by atoms with E-state index in [2.05, 4.69) is 10.1 Å². The summed E-state index contributed by atoms with van der Waals surface area (Å²) in [5, 5.41) is 12.8. The lowest BCUT2D eigenvalue weighted by Crippen LogP contribution is -2.35. The van der Waals surface area contributed by atoms with Crippen molar-refractivity contribution < 1.29 is 14.4 Å². The number of carboxylic acids is 1. The van der Waals surface area contributed by atoms with Gasteiger partial charge < -0.3 is 9.63 Å². The van der Waals surface area contributed by atoms with Gasteiger partial charge in [-0.25, -0.2) is 0 Å². The Hall–Kier alpha value is -1.36. The molecule has 1 aliphatic heterocycles. The third-order valence-corrected chi connectivity index (χ3v) is 3.13. The van der Waals surface area contributed by atoms with Crippen LogP contribution in [0.15, 0.2) is 10.6 Å². The van der Waals surface area contributed by atoms with Gasteiger partial charge in [-0.05, 0) is 32.2 Å². The van der Waals surface area contributed by atoms with E-state index >= 15 is 0 Å². The van der Waals surface area contributed by atoms with Gasteiger partial charge in [0.15, 0.2) is 0 Å². The van der Waals surface area contributed by atoms with E-state index in [1.807, 2.05) is 13.0 Å². The van der Waals surface area contributed by atoms with E-state index in [0.717, 1.165) is 43.9 Å². The predicted octanol–water partition coefficient (Wildman–Crippen LogP) is 1.67. The molecule has 0 amide bonds. The molecule has 5 heteroatoms. The lowest BCUT2D eigenvalue weighted by Gasteiger charge is -2.31. The molecule has 1 fully saturated rings. The number of nitrogens with zero attached hydrogens (tertiary/aromatic N) is 2. The lowest BCUT2D eigenvalue weighted by molar-refractivity contribution is -0.138. The minimum Gasteiger partial charge on any atom is -0.481 e. The van der Waals surface area contributed by atoms with Crippen molar-refractivity contribution in [1.29, 1.82) is 0 Å². The monoisotopic (exact) mass is 238 g/mol. The number of piperidine rings is 1. The van der Waals surface area contributed by atoms with Gasteiger partial charge in [-0.3, -0.25) is 9.69 Å². The average molecular weight is 238 g/mol. The number of hydrogen-bond donors (Lipinski definition) is 1. The van der Waals surface area contributed by atoms with Crippen LogP contribution in [-0.4, -0.2) is 34.2 Å². The summed E-state index contributed by atoms with van der Waals surface area (Å²) >= 11 is 0. The highest BCUT2D eigenvalue weighted by Crippen LogP contribution is 2.21. The van der Waals surface area contributed by atoms with Crippen LogP contribution in [0.3, 0.4) is 0 Å². The fraction of sp³-hybridized carbons (Fsp3) is 0.667. The van der Waals surface area contributed by atoms with Gasteiger partial charge in [0.05, 0.1) is 5.69 Å². The van der Waals surface area contributed by atoms with Crippen molar-refractivity contribution in [3.8, 4) is 0 Å². The summed E-state index contributed by atoms with van der Waals surface area (Å²) in [7, 11) is 0. The highest BCUT2D eigenvalue weighted by Gasteiger charge is 2.22. The minimum atomic E-state index is -0.700. The van der Waals surface area contributed by atoms with Gasteiger partial charge in [0.25, 0.3) is 0 Å². The molecule has 17 heavy (non-hydrogen) atoms. The third kappa shape index (κ3) is 3.56. The molecule has 2 rings (SSSR count). The molecule has 1 unspecified atom stereocenters. The van der Waals surface area contributed by atoms with Crippen LogP contribution in [0.25, 0.3) is 0 Å². The van der Waals surface area contributed by atoms with Gasteiger partial charge in [0.1, 0.15) is 5.76 Å². The van der Waals surface area contributed by atoms with Crippen molar-refractivity contribution in [3.05, 3.63) is 17.5 Å².